The molecule has 11 heteroatoms. The first-order valence-electron chi connectivity index (χ1n) is 12.9. The fourth-order valence-corrected chi connectivity index (χ4v) is 4.52. The Morgan fingerprint density at radius 2 is 1.82 bits per heavy atom. The van der Waals surface area contributed by atoms with Gasteiger partial charge in [0.1, 0.15) is 11.5 Å². The maximum absolute atomic E-state index is 13.2. The second kappa shape index (κ2) is 14.2. The van der Waals surface area contributed by atoms with Crippen LogP contribution in [-0.2, 0) is 30.5 Å². The maximum atomic E-state index is 13.2. The number of carbonyl (C=O) groups is 4. The minimum absolute atomic E-state index is 0.184. The highest BCUT2D eigenvalue weighted by molar-refractivity contribution is 5.96. The van der Waals surface area contributed by atoms with E-state index in [1.165, 1.54) is 23.9 Å². The minimum Gasteiger partial charge on any atom is -0.468 e. The lowest BCUT2D eigenvalue weighted by Crippen LogP contribution is -2.50. The van der Waals surface area contributed by atoms with Crippen LogP contribution in [0.1, 0.15) is 54.9 Å². The largest absolute Gasteiger partial charge is 0.468 e. The van der Waals surface area contributed by atoms with Crippen LogP contribution in [0, 0.1) is 0 Å². The number of carbonyl (C=O) groups excluding carboxylic acids is 4. The monoisotopic (exact) mass is 542 g/mol. The summed E-state index contributed by atoms with van der Waals surface area (Å²) in [5.74, 6) is -2.41. The number of aliphatic hydroxyl groups is 1. The first-order valence-corrected chi connectivity index (χ1v) is 12.9. The summed E-state index contributed by atoms with van der Waals surface area (Å²) < 4.78 is 17.2. The van der Waals surface area contributed by atoms with Crippen LogP contribution in [0.4, 0.5) is 4.79 Å². The summed E-state index contributed by atoms with van der Waals surface area (Å²) in [6.07, 6.45) is 4.37. The molecule has 0 bridgehead atoms. The molecule has 1 aromatic heterocycles. The number of benzene rings is 1. The average molecular weight is 543 g/mol. The Balaban J connectivity index is 1.68. The third-order valence-electron chi connectivity index (χ3n) is 6.36. The molecule has 2 aromatic rings. The van der Waals surface area contributed by atoms with Crippen LogP contribution in [-0.4, -0.2) is 72.4 Å². The van der Waals surface area contributed by atoms with E-state index in [0.29, 0.717) is 13.0 Å². The third-order valence-corrected chi connectivity index (χ3v) is 6.36. The van der Waals surface area contributed by atoms with Gasteiger partial charge in [0.15, 0.2) is 18.4 Å². The highest BCUT2D eigenvalue weighted by atomic mass is 16.6. The molecule has 1 aliphatic rings. The quantitative estimate of drug-likeness (QED) is 0.264. The Morgan fingerprint density at radius 3 is 2.49 bits per heavy atom. The van der Waals surface area contributed by atoms with Gasteiger partial charge in [0.25, 0.3) is 12.6 Å². The van der Waals surface area contributed by atoms with E-state index in [1.807, 2.05) is 30.3 Å². The first kappa shape index (κ1) is 29.6. The van der Waals surface area contributed by atoms with Crippen LogP contribution in [0.25, 0.3) is 0 Å². The Kier molecular flexibility index (Phi) is 10.8. The zero-order valence-corrected chi connectivity index (χ0v) is 22.4. The Hall–Kier alpha value is -3.99. The van der Waals surface area contributed by atoms with Crippen LogP contribution in [0.3, 0.4) is 0 Å². The number of rotatable bonds is 10. The fraction of sp³-hybridized carbons (Fsp3) is 0.464. The molecule has 1 aromatic carbocycles. The van der Waals surface area contributed by atoms with Crippen molar-refractivity contribution in [2.45, 2.75) is 63.9 Å². The summed E-state index contributed by atoms with van der Waals surface area (Å²) in [6, 6.07) is 10.7. The lowest BCUT2D eigenvalue weighted by atomic mass is 9.85. The topological polar surface area (TPSA) is 135 Å². The number of likely N-dealkylation sites (tertiary alicyclic amines) is 1. The van der Waals surface area contributed by atoms with Gasteiger partial charge in [-0.15, -0.1) is 0 Å². The van der Waals surface area contributed by atoms with Gasteiger partial charge in [-0.3, -0.25) is 9.59 Å². The van der Waals surface area contributed by atoms with Crippen molar-refractivity contribution in [3.8, 4) is 0 Å². The smallest absolute Gasteiger partial charge is 0.414 e. The SMILES string of the molecule is COC(=O)C(c1ccccc1)[C@H]1CCCCN1C(=O)OC[n+]1cccc(C(=O)NC(CO)C(=O)OC(C)C)c1. The van der Waals surface area contributed by atoms with Crippen LogP contribution in [0.2, 0.25) is 0 Å². The van der Waals surface area contributed by atoms with E-state index in [9.17, 15) is 24.3 Å². The lowest BCUT2D eigenvalue weighted by Gasteiger charge is -2.38. The Bertz CT molecular complexity index is 1140. The summed E-state index contributed by atoms with van der Waals surface area (Å²) in [4.78, 5) is 52.3. The molecule has 210 valence electrons. The number of amides is 2. The van der Waals surface area contributed by atoms with Gasteiger partial charge in [-0.1, -0.05) is 30.3 Å². The number of methoxy groups -OCH3 is 1. The molecular weight excluding hydrogens is 506 g/mol. The van der Waals surface area contributed by atoms with E-state index in [1.54, 1.807) is 31.0 Å². The van der Waals surface area contributed by atoms with Crippen LogP contribution < -0.4 is 9.88 Å². The zero-order chi connectivity index (χ0) is 28.4. The zero-order valence-electron chi connectivity index (χ0n) is 22.4. The molecule has 3 atom stereocenters. The highest BCUT2D eigenvalue weighted by Gasteiger charge is 2.39. The number of hydrogen-bond donors (Lipinski definition) is 2. The van der Waals surface area contributed by atoms with E-state index in [4.69, 9.17) is 14.2 Å². The van der Waals surface area contributed by atoms with Gasteiger partial charge >= 0.3 is 18.0 Å². The number of esters is 2. The van der Waals surface area contributed by atoms with E-state index >= 15 is 0 Å². The van der Waals surface area contributed by atoms with Gasteiger partial charge in [0.05, 0.1) is 25.9 Å². The predicted molar refractivity (Wildman–Crippen MR) is 138 cm³/mol. The number of hydrogen-bond acceptors (Lipinski definition) is 8. The number of nitrogens with zero attached hydrogens (tertiary/aromatic N) is 2. The fourth-order valence-electron chi connectivity index (χ4n) is 4.52. The van der Waals surface area contributed by atoms with Crippen molar-refractivity contribution in [2.24, 2.45) is 0 Å². The molecule has 0 aliphatic carbocycles. The Labute approximate surface area is 227 Å². The van der Waals surface area contributed by atoms with E-state index < -0.39 is 54.7 Å². The minimum atomic E-state index is -1.21. The van der Waals surface area contributed by atoms with Gasteiger partial charge in [0.2, 0.25) is 0 Å². The average Bonchev–Trinajstić information content (AvgIpc) is 2.95. The standard InChI is InChI=1S/C28H35N3O8/c1-19(2)39-26(34)22(17-32)29-25(33)21-12-9-14-30(16-21)18-38-28(36)31-15-8-7-13-23(31)24(27(35)37-3)20-10-5-4-6-11-20/h4-6,9-12,14,16,19,22-24,32H,7-8,13,15,17-18H2,1-3H3/p+1/t22?,23-,24?/m1/s1. The normalized spacial score (nSPS) is 16.6. The lowest BCUT2D eigenvalue weighted by molar-refractivity contribution is -0.727. The highest BCUT2D eigenvalue weighted by Crippen LogP contribution is 2.32. The van der Waals surface area contributed by atoms with Gasteiger partial charge in [-0.2, -0.15) is 4.57 Å². The second-order valence-electron chi connectivity index (χ2n) is 9.51. The molecule has 2 unspecified atom stereocenters. The molecule has 1 fully saturated rings. The molecule has 3 rings (SSSR count). The van der Waals surface area contributed by atoms with Crippen molar-refractivity contribution in [3.05, 3.63) is 66.0 Å². The van der Waals surface area contributed by atoms with Gasteiger partial charge < -0.3 is 29.5 Å². The summed E-state index contributed by atoms with van der Waals surface area (Å²) in [6.45, 7) is 2.97. The number of piperidine rings is 1. The molecule has 0 spiro atoms. The second-order valence-corrected chi connectivity index (χ2v) is 9.51. The molecule has 11 nitrogen and oxygen atoms in total. The van der Waals surface area contributed by atoms with E-state index in [2.05, 4.69) is 5.32 Å². The summed E-state index contributed by atoms with van der Waals surface area (Å²) in [7, 11) is 1.33. The van der Waals surface area contributed by atoms with E-state index in [-0.39, 0.29) is 12.3 Å². The predicted octanol–water partition coefficient (Wildman–Crippen LogP) is 1.92. The molecule has 2 N–H and O–H groups in total. The molecule has 2 amide bonds. The molecule has 0 saturated carbocycles. The molecule has 1 aliphatic heterocycles. The number of aliphatic hydroxyl groups excluding tert-OH is 1. The van der Waals surface area contributed by atoms with Crippen molar-refractivity contribution in [3.63, 3.8) is 0 Å². The first-order chi connectivity index (χ1) is 18.7. The van der Waals surface area contributed by atoms with Gasteiger partial charge in [-0.25, -0.2) is 9.59 Å². The number of nitrogens with one attached hydrogen (secondary N) is 1. The molecule has 1 saturated heterocycles. The van der Waals surface area contributed by atoms with Crippen molar-refractivity contribution in [2.75, 3.05) is 20.3 Å². The van der Waals surface area contributed by atoms with Crippen molar-refractivity contribution >= 4 is 23.9 Å². The third kappa shape index (κ3) is 8.00. The van der Waals surface area contributed by atoms with Gasteiger partial charge in [0, 0.05) is 12.6 Å². The van der Waals surface area contributed by atoms with Crippen molar-refractivity contribution in [1.29, 1.82) is 0 Å². The maximum Gasteiger partial charge on any atom is 0.414 e. The summed E-state index contributed by atoms with van der Waals surface area (Å²) >= 11 is 0. The van der Waals surface area contributed by atoms with E-state index in [0.717, 1.165) is 18.4 Å². The van der Waals surface area contributed by atoms with Crippen molar-refractivity contribution < 1.29 is 43.1 Å². The van der Waals surface area contributed by atoms with Gasteiger partial charge in [-0.05, 0) is 44.7 Å². The number of ether oxygens (including phenoxy) is 3. The van der Waals surface area contributed by atoms with Crippen LogP contribution in [0.15, 0.2) is 54.9 Å². The van der Waals surface area contributed by atoms with Crippen LogP contribution >= 0.6 is 0 Å². The summed E-state index contributed by atoms with van der Waals surface area (Å²) in [5.41, 5.74) is 0.954. The number of pyridine rings is 1. The molecule has 0 radical (unpaired) electrons. The summed E-state index contributed by atoms with van der Waals surface area (Å²) in [5, 5.41) is 11.9. The van der Waals surface area contributed by atoms with Crippen LogP contribution in [0.5, 0.6) is 0 Å². The molecular formula is C28H36N3O8+. The number of aromatic nitrogens is 1. The Morgan fingerprint density at radius 1 is 1.08 bits per heavy atom. The molecule has 39 heavy (non-hydrogen) atoms. The molecule has 2 heterocycles. The van der Waals surface area contributed by atoms with Crippen molar-refractivity contribution in [1.82, 2.24) is 10.2 Å².